The van der Waals surface area contributed by atoms with Crippen molar-refractivity contribution < 1.29 is 13.9 Å². The molecule has 1 N–H and O–H groups in total. The van der Waals surface area contributed by atoms with E-state index in [0.29, 0.717) is 11.3 Å². The number of carbonyl (C=O) groups is 1. The fourth-order valence-electron chi connectivity index (χ4n) is 4.59. The lowest BCUT2D eigenvalue weighted by Gasteiger charge is -2.31. The van der Waals surface area contributed by atoms with Crippen molar-refractivity contribution in [3.8, 4) is 0 Å². The molecule has 1 amide bonds. The molecule has 180 valence electrons. The van der Waals surface area contributed by atoms with Crippen LogP contribution in [0, 0.1) is 6.92 Å². The van der Waals surface area contributed by atoms with Crippen molar-refractivity contribution in [3.63, 3.8) is 0 Å². The number of morpholine rings is 1. The molecule has 0 bridgehead atoms. The Hall–Kier alpha value is -3.32. The van der Waals surface area contributed by atoms with Crippen LogP contribution in [0.1, 0.15) is 48.4 Å². The smallest absolute Gasteiger partial charge is 0.274 e. The summed E-state index contributed by atoms with van der Waals surface area (Å²) >= 11 is 0. The first-order valence-corrected chi connectivity index (χ1v) is 12.1. The third-order valence-electron chi connectivity index (χ3n) is 6.45. The van der Waals surface area contributed by atoms with Gasteiger partial charge in [-0.1, -0.05) is 12.1 Å². The molecule has 2 aromatic rings. The number of nitrogens with one attached hydrogen (secondary N) is 1. The van der Waals surface area contributed by atoms with Crippen molar-refractivity contribution in [2.75, 3.05) is 44.3 Å². The van der Waals surface area contributed by atoms with Crippen molar-refractivity contribution in [3.05, 3.63) is 70.3 Å². The lowest BCUT2D eigenvalue weighted by molar-refractivity contribution is 0.0548. The van der Waals surface area contributed by atoms with Gasteiger partial charge >= 0.3 is 0 Å². The van der Waals surface area contributed by atoms with Crippen molar-refractivity contribution >= 4 is 23.9 Å². The second-order valence-electron chi connectivity index (χ2n) is 8.50. The van der Waals surface area contributed by atoms with Gasteiger partial charge in [-0.15, -0.1) is 0 Å². The third-order valence-corrected chi connectivity index (χ3v) is 6.45. The standard InChI is InChI=1S/C27H34N4O3/c1-4-30(5-2)24-10-6-21(7-11-24)18-22-8-9-23(26(22)31-13-16-33-17-14-31)19-28-29-27(32)25-12-15-34-20(25)3/h6-7,10-12,15,18-19H,4-5,8-9,13-14,16-17H2,1-3H3,(H,29,32)/b22-18+,28-19?. The number of furan rings is 1. The summed E-state index contributed by atoms with van der Waals surface area (Å²) in [5.41, 5.74) is 9.23. The summed E-state index contributed by atoms with van der Waals surface area (Å²) in [4.78, 5) is 17.1. The van der Waals surface area contributed by atoms with Crippen LogP contribution in [0.25, 0.3) is 6.08 Å². The van der Waals surface area contributed by atoms with E-state index in [2.05, 4.69) is 64.5 Å². The Balaban J connectivity index is 1.56. The Labute approximate surface area is 201 Å². The number of ether oxygens (including phenoxy) is 1. The maximum Gasteiger partial charge on any atom is 0.274 e. The first kappa shape index (κ1) is 23.8. The average Bonchev–Trinajstić information content (AvgIpc) is 3.47. The fourth-order valence-corrected chi connectivity index (χ4v) is 4.59. The highest BCUT2D eigenvalue weighted by Gasteiger charge is 2.25. The minimum Gasteiger partial charge on any atom is -0.469 e. The molecule has 0 saturated carbocycles. The first-order valence-electron chi connectivity index (χ1n) is 12.1. The van der Waals surface area contributed by atoms with Crippen molar-refractivity contribution in [2.45, 2.75) is 33.6 Å². The summed E-state index contributed by atoms with van der Waals surface area (Å²) in [6.07, 6.45) is 7.42. The van der Waals surface area contributed by atoms with E-state index in [4.69, 9.17) is 9.15 Å². The molecular weight excluding hydrogens is 428 g/mol. The molecule has 7 nitrogen and oxygen atoms in total. The van der Waals surface area contributed by atoms with Gasteiger partial charge in [-0.2, -0.15) is 5.10 Å². The van der Waals surface area contributed by atoms with Crippen LogP contribution in [0.3, 0.4) is 0 Å². The van der Waals surface area contributed by atoms with E-state index >= 15 is 0 Å². The number of hydrogen-bond donors (Lipinski definition) is 1. The van der Waals surface area contributed by atoms with Gasteiger partial charge < -0.3 is 19.0 Å². The van der Waals surface area contributed by atoms with Gasteiger partial charge in [0.2, 0.25) is 0 Å². The van der Waals surface area contributed by atoms with E-state index in [1.807, 2.05) is 0 Å². The number of hydrogen-bond acceptors (Lipinski definition) is 6. The van der Waals surface area contributed by atoms with Crippen LogP contribution in [0.15, 0.2) is 63.0 Å². The van der Waals surface area contributed by atoms with Gasteiger partial charge in [-0.05, 0) is 74.6 Å². The molecule has 0 radical (unpaired) electrons. The summed E-state index contributed by atoms with van der Waals surface area (Å²) in [5, 5.41) is 4.27. The van der Waals surface area contributed by atoms with Crippen molar-refractivity contribution in [2.24, 2.45) is 5.10 Å². The Morgan fingerprint density at radius 1 is 1.12 bits per heavy atom. The second kappa shape index (κ2) is 11.2. The van der Waals surface area contributed by atoms with Gasteiger partial charge in [-0.3, -0.25) is 4.79 Å². The largest absolute Gasteiger partial charge is 0.469 e. The number of carbonyl (C=O) groups excluding carboxylic acids is 1. The Morgan fingerprint density at radius 2 is 1.85 bits per heavy atom. The van der Waals surface area contributed by atoms with Crippen LogP contribution in [0.5, 0.6) is 0 Å². The summed E-state index contributed by atoms with van der Waals surface area (Å²) in [6, 6.07) is 10.4. The maximum absolute atomic E-state index is 12.4. The number of rotatable bonds is 8. The SMILES string of the molecule is CCN(CC)c1ccc(/C=C2\CCC(C=NNC(=O)c3ccoc3C)=C2N2CCOCC2)cc1. The topological polar surface area (TPSA) is 70.3 Å². The molecule has 1 aliphatic heterocycles. The van der Waals surface area contributed by atoms with Crippen LogP contribution < -0.4 is 10.3 Å². The van der Waals surface area contributed by atoms with E-state index < -0.39 is 0 Å². The van der Waals surface area contributed by atoms with E-state index in [9.17, 15) is 4.79 Å². The van der Waals surface area contributed by atoms with Gasteiger partial charge in [0.1, 0.15) is 5.76 Å². The van der Waals surface area contributed by atoms with Crippen LogP contribution >= 0.6 is 0 Å². The Kier molecular flexibility index (Phi) is 7.85. The summed E-state index contributed by atoms with van der Waals surface area (Å²) in [5.74, 6) is 0.317. The average molecular weight is 463 g/mol. The first-order chi connectivity index (χ1) is 16.6. The quantitative estimate of drug-likeness (QED) is 0.458. The highest BCUT2D eigenvalue weighted by Crippen LogP contribution is 2.35. The second-order valence-corrected chi connectivity index (χ2v) is 8.50. The van der Waals surface area contributed by atoms with Crippen LogP contribution in [0.2, 0.25) is 0 Å². The molecule has 1 aromatic heterocycles. The van der Waals surface area contributed by atoms with Gasteiger partial charge in [0, 0.05) is 37.6 Å². The van der Waals surface area contributed by atoms with E-state index in [1.54, 1.807) is 19.2 Å². The highest BCUT2D eigenvalue weighted by molar-refractivity contribution is 5.95. The van der Waals surface area contributed by atoms with Crippen molar-refractivity contribution in [1.29, 1.82) is 0 Å². The molecule has 1 aliphatic carbocycles. The zero-order chi connectivity index (χ0) is 23.9. The van der Waals surface area contributed by atoms with Gasteiger partial charge in [0.15, 0.2) is 0 Å². The number of aryl methyl sites for hydroxylation is 1. The van der Waals surface area contributed by atoms with E-state index in [-0.39, 0.29) is 5.91 Å². The predicted molar refractivity (Wildman–Crippen MR) is 136 cm³/mol. The fraction of sp³-hybridized carbons (Fsp3) is 0.407. The lowest BCUT2D eigenvalue weighted by atomic mass is 10.1. The summed E-state index contributed by atoms with van der Waals surface area (Å²) in [7, 11) is 0. The molecule has 34 heavy (non-hydrogen) atoms. The third kappa shape index (κ3) is 5.42. The highest BCUT2D eigenvalue weighted by atomic mass is 16.5. The zero-order valence-corrected chi connectivity index (χ0v) is 20.3. The van der Waals surface area contributed by atoms with Crippen LogP contribution in [-0.2, 0) is 4.74 Å². The normalized spacial score (nSPS) is 17.7. The molecule has 1 fully saturated rings. The van der Waals surface area contributed by atoms with Gasteiger partial charge in [0.25, 0.3) is 5.91 Å². The zero-order valence-electron chi connectivity index (χ0n) is 20.3. The van der Waals surface area contributed by atoms with Crippen LogP contribution in [-0.4, -0.2) is 56.4 Å². The molecule has 4 rings (SSSR count). The minimum atomic E-state index is -0.266. The van der Waals surface area contributed by atoms with Gasteiger partial charge in [0.05, 0.1) is 31.3 Å². The number of nitrogens with zero attached hydrogens (tertiary/aromatic N) is 3. The molecule has 1 saturated heterocycles. The van der Waals surface area contributed by atoms with E-state index in [1.165, 1.54) is 28.8 Å². The molecule has 2 aliphatic rings. The number of amides is 1. The maximum atomic E-state index is 12.4. The predicted octanol–water partition coefficient (Wildman–Crippen LogP) is 4.61. The molecular formula is C27H34N4O3. The number of allylic oxidation sites excluding steroid dienone is 2. The number of hydrazone groups is 1. The molecule has 0 atom stereocenters. The molecule has 0 spiro atoms. The number of benzene rings is 1. The summed E-state index contributed by atoms with van der Waals surface area (Å²) in [6.45, 7) is 11.3. The Bertz CT molecular complexity index is 1070. The summed E-state index contributed by atoms with van der Waals surface area (Å²) < 4.78 is 10.8. The minimum absolute atomic E-state index is 0.266. The van der Waals surface area contributed by atoms with E-state index in [0.717, 1.165) is 57.8 Å². The molecule has 0 unspecified atom stereocenters. The van der Waals surface area contributed by atoms with Crippen molar-refractivity contribution in [1.82, 2.24) is 10.3 Å². The lowest BCUT2D eigenvalue weighted by Crippen LogP contribution is -2.36. The Morgan fingerprint density at radius 3 is 2.50 bits per heavy atom. The molecule has 2 heterocycles. The monoisotopic (exact) mass is 462 g/mol. The molecule has 7 heteroatoms. The molecule has 1 aromatic carbocycles. The van der Waals surface area contributed by atoms with Gasteiger partial charge in [-0.25, -0.2) is 5.43 Å². The number of anilines is 1. The van der Waals surface area contributed by atoms with Crippen LogP contribution in [0.4, 0.5) is 5.69 Å².